The molecule has 1 aromatic heterocycles. The molecule has 0 aromatic carbocycles. The lowest BCUT2D eigenvalue weighted by Crippen LogP contribution is -2.49. The van der Waals surface area contributed by atoms with E-state index in [4.69, 9.17) is 4.74 Å². The Morgan fingerprint density at radius 1 is 1.23 bits per heavy atom. The average molecular weight is 305 g/mol. The van der Waals surface area contributed by atoms with Crippen molar-refractivity contribution in [3.8, 4) is 0 Å². The van der Waals surface area contributed by atoms with Crippen molar-refractivity contribution < 1.29 is 4.74 Å². The monoisotopic (exact) mass is 305 g/mol. The van der Waals surface area contributed by atoms with Gasteiger partial charge in [0, 0.05) is 45.0 Å². The van der Waals surface area contributed by atoms with Crippen LogP contribution in [0.25, 0.3) is 0 Å². The molecule has 122 valence electrons. The molecular weight excluding hydrogens is 278 g/mol. The maximum absolute atomic E-state index is 5.45. The zero-order valence-corrected chi connectivity index (χ0v) is 13.5. The molecule has 2 aliphatic heterocycles. The lowest BCUT2D eigenvalue weighted by molar-refractivity contribution is 0.0114. The number of aromatic nitrogens is 2. The van der Waals surface area contributed by atoms with E-state index in [1.165, 1.54) is 12.8 Å². The van der Waals surface area contributed by atoms with Crippen LogP contribution in [0.5, 0.6) is 0 Å². The van der Waals surface area contributed by atoms with Crippen LogP contribution in [-0.2, 0) is 4.74 Å². The van der Waals surface area contributed by atoms with Crippen molar-refractivity contribution in [2.45, 2.75) is 32.2 Å². The van der Waals surface area contributed by atoms with Crippen molar-refractivity contribution in [3.05, 3.63) is 12.3 Å². The Morgan fingerprint density at radius 2 is 2.00 bits per heavy atom. The SMILES string of the molecule is CCCNc1ccnc(N2CCC(N3CCOCC3)CC2)n1. The van der Waals surface area contributed by atoms with Gasteiger partial charge in [0.15, 0.2) is 0 Å². The Kier molecular flexibility index (Phi) is 5.45. The summed E-state index contributed by atoms with van der Waals surface area (Å²) in [6, 6.07) is 2.64. The highest BCUT2D eigenvalue weighted by atomic mass is 16.5. The summed E-state index contributed by atoms with van der Waals surface area (Å²) in [4.78, 5) is 14.0. The summed E-state index contributed by atoms with van der Waals surface area (Å²) in [7, 11) is 0. The maximum Gasteiger partial charge on any atom is 0.227 e. The number of anilines is 2. The summed E-state index contributed by atoms with van der Waals surface area (Å²) in [6.07, 6.45) is 5.34. The van der Waals surface area contributed by atoms with Gasteiger partial charge in [0.1, 0.15) is 5.82 Å². The minimum Gasteiger partial charge on any atom is -0.379 e. The Labute approximate surface area is 132 Å². The second-order valence-corrected chi connectivity index (χ2v) is 6.04. The first-order chi connectivity index (χ1) is 10.9. The Bertz CT molecular complexity index is 456. The van der Waals surface area contributed by atoms with Gasteiger partial charge in [-0.15, -0.1) is 0 Å². The number of morpholine rings is 1. The molecule has 6 nitrogen and oxygen atoms in total. The third-order valence-corrected chi connectivity index (χ3v) is 4.51. The predicted octanol–water partition coefficient (Wildman–Crippen LogP) is 1.60. The highest BCUT2D eigenvalue weighted by Crippen LogP contribution is 2.21. The molecule has 0 amide bonds. The van der Waals surface area contributed by atoms with E-state index in [1.54, 1.807) is 0 Å². The van der Waals surface area contributed by atoms with E-state index < -0.39 is 0 Å². The molecule has 6 heteroatoms. The van der Waals surface area contributed by atoms with Crippen LogP contribution in [-0.4, -0.2) is 66.8 Å². The number of hydrogen-bond acceptors (Lipinski definition) is 6. The molecular formula is C16H27N5O. The lowest BCUT2D eigenvalue weighted by atomic mass is 10.0. The number of nitrogens with zero attached hydrogens (tertiary/aromatic N) is 4. The molecule has 1 N–H and O–H groups in total. The summed E-state index contributed by atoms with van der Waals surface area (Å²) in [6.45, 7) is 9.12. The van der Waals surface area contributed by atoms with Crippen molar-refractivity contribution in [1.29, 1.82) is 0 Å². The van der Waals surface area contributed by atoms with Crippen LogP contribution in [0.1, 0.15) is 26.2 Å². The van der Waals surface area contributed by atoms with Crippen LogP contribution in [0.4, 0.5) is 11.8 Å². The van der Waals surface area contributed by atoms with Gasteiger partial charge in [-0.2, -0.15) is 4.98 Å². The highest BCUT2D eigenvalue weighted by Gasteiger charge is 2.26. The average Bonchev–Trinajstić information content (AvgIpc) is 2.61. The zero-order chi connectivity index (χ0) is 15.2. The van der Waals surface area contributed by atoms with E-state index >= 15 is 0 Å². The molecule has 0 saturated carbocycles. The van der Waals surface area contributed by atoms with Crippen molar-refractivity contribution in [1.82, 2.24) is 14.9 Å². The molecule has 2 aliphatic rings. The second-order valence-electron chi connectivity index (χ2n) is 6.04. The first-order valence-corrected chi connectivity index (χ1v) is 8.50. The van der Waals surface area contributed by atoms with Gasteiger partial charge in [0.25, 0.3) is 0 Å². The van der Waals surface area contributed by atoms with Gasteiger partial charge < -0.3 is 15.0 Å². The molecule has 3 heterocycles. The van der Waals surface area contributed by atoms with Gasteiger partial charge in [-0.3, -0.25) is 4.90 Å². The van der Waals surface area contributed by atoms with Gasteiger partial charge >= 0.3 is 0 Å². The van der Waals surface area contributed by atoms with Gasteiger partial charge in [-0.05, 0) is 25.3 Å². The molecule has 0 unspecified atom stereocenters. The number of hydrogen-bond donors (Lipinski definition) is 1. The maximum atomic E-state index is 5.45. The fraction of sp³-hybridized carbons (Fsp3) is 0.750. The molecule has 1 aromatic rings. The van der Waals surface area contributed by atoms with Crippen LogP contribution >= 0.6 is 0 Å². The number of rotatable bonds is 5. The normalized spacial score (nSPS) is 21.0. The smallest absolute Gasteiger partial charge is 0.227 e. The standard InChI is InChI=1S/C16H27N5O/c1-2-6-17-15-3-7-18-16(19-15)21-8-4-14(5-9-21)20-10-12-22-13-11-20/h3,7,14H,2,4-6,8-13H2,1H3,(H,17,18,19). The van der Waals surface area contributed by atoms with Crippen molar-refractivity contribution in [2.24, 2.45) is 0 Å². The van der Waals surface area contributed by atoms with Crippen molar-refractivity contribution in [3.63, 3.8) is 0 Å². The first kappa shape index (κ1) is 15.5. The quantitative estimate of drug-likeness (QED) is 0.892. The van der Waals surface area contributed by atoms with Crippen LogP contribution in [0.15, 0.2) is 12.3 Å². The summed E-state index contributed by atoms with van der Waals surface area (Å²) >= 11 is 0. The fourth-order valence-corrected chi connectivity index (χ4v) is 3.23. The molecule has 0 radical (unpaired) electrons. The van der Waals surface area contributed by atoms with E-state index in [0.717, 1.165) is 64.1 Å². The Hall–Kier alpha value is -1.40. The van der Waals surface area contributed by atoms with Crippen molar-refractivity contribution in [2.75, 3.05) is 56.2 Å². The first-order valence-electron chi connectivity index (χ1n) is 8.50. The molecule has 0 atom stereocenters. The van der Waals surface area contributed by atoms with E-state index in [2.05, 4.69) is 32.0 Å². The molecule has 0 aliphatic carbocycles. The third-order valence-electron chi connectivity index (χ3n) is 4.51. The number of ether oxygens (including phenoxy) is 1. The second kappa shape index (κ2) is 7.74. The molecule has 2 saturated heterocycles. The lowest BCUT2D eigenvalue weighted by Gasteiger charge is -2.40. The third kappa shape index (κ3) is 3.87. The summed E-state index contributed by atoms with van der Waals surface area (Å²) in [5, 5.41) is 3.33. The van der Waals surface area contributed by atoms with Crippen LogP contribution in [0, 0.1) is 0 Å². The van der Waals surface area contributed by atoms with Gasteiger partial charge in [0.05, 0.1) is 13.2 Å². The van der Waals surface area contributed by atoms with E-state index in [-0.39, 0.29) is 0 Å². The number of nitrogens with one attached hydrogen (secondary N) is 1. The summed E-state index contributed by atoms with van der Waals surface area (Å²) in [5.74, 6) is 1.80. The summed E-state index contributed by atoms with van der Waals surface area (Å²) in [5.41, 5.74) is 0. The molecule has 3 rings (SSSR count). The van der Waals surface area contributed by atoms with E-state index in [1.807, 2.05) is 12.3 Å². The molecule has 0 spiro atoms. The van der Waals surface area contributed by atoms with Gasteiger partial charge in [0.2, 0.25) is 5.95 Å². The van der Waals surface area contributed by atoms with E-state index in [9.17, 15) is 0 Å². The topological polar surface area (TPSA) is 53.5 Å². The van der Waals surface area contributed by atoms with Crippen LogP contribution < -0.4 is 10.2 Å². The summed E-state index contributed by atoms with van der Waals surface area (Å²) < 4.78 is 5.45. The molecule has 2 fully saturated rings. The number of piperidine rings is 1. The van der Waals surface area contributed by atoms with E-state index in [0.29, 0.717) is 6.04 Å². The minimum atomic E-state index is 0.696. The van der Waals surface area contributed by atoms with Crippen LogP contribution in [0.2, 0.25) is 0 Å². The Balaban J connectivity index is 1.54. The fourth-order valence-electron chi connectivity index (χ4n) is 3.23. The van der Waals surface area contributed by atoms with Gasteiger partial charge in [-0.1, -0.05) is 6.92 Å². The van der Waals surface area contributed by atoms with Crippen molar-refractivity contribution >= 4 is 11.8 Å². The predicted molar refractivity (Wildman–Crippen MR) is 88.4 cm³/mol. The van der Waals surface area contributed by atoms with Gasteiger partial charge in [-0.25, -0.2) is 4.98 Å². The molecule has 0 bridgehead atoms. The minimum absolute atomic E-state index is 0.696. The largest absolute Gasteiger partial charge is 0.379 e. The zero-order valence-electron chi connectivity index (χ0n) is 13.5. The molecule has 22 heavy (non-hydrogen) atoms. The highest BCUT2D eigenvalue weighted by molar-refractivity contribution is 5.41. The Morgan fingerprint density at radius 3 is 2.73 bits per heavy atom. The van der Waals surface area contributed by atoms with Crippen LogP contribution in [0.3, 0.4) is 0 Å².